The second-order valence-corrected chi connectivity index (χ2v) is 9.58. The summed E-state index contributed by atoms with van der Waals surface area (Å²) in [5.41, 5.74) is 2.25. The summed E-state index contributed by atoms with van der Waals surface area (Å²) in [6.07, 6.45) is 0.862. The van der Waals surface area contributed by atoms with Crippen molar-refractivity contribution in [1.29, 1.82) is 0 Å². The second-order valence-electron chi connectivity index (χ2n) is 9.58. The number of carbonyl (C=O) groups is 1. The number of fused-ring (bicyclic) bond motifs is 5. The third-order valence-corrected chi connectivity index (χ3v) is 7.20. The molecule has 10 heteroatoms. The van der Waals surface area contributed by atoms with Gasteiger partial charge in [-0.25, -0.2) is 9.78 Å². The molecule has 0 saturated carbocycles. The van der Waals surface area contributed by atoms with Crippen molar-refractivity contribution in [3.63, 3.8) is 0 Å². The van der Waals surface area contributed by atoms with Gasteiger partial charge in [0.05, 0.1) is 34.4 Å². The number of halogens is 1. The Balaban J connectivity index is 0.00000267. The number of cyclic esters (lactones) is 1. The number of pyridine rings is 2. The van der Waals surface area contributed by atoms with E-state index in [-0.39, 0.29) is 44.3 Å². The molecular formula is C26H28ClN3O6. The maximum Gasteiger partial charge on any atom is 0.343 e. The van der Waals surface area contributed by atoms with E-state index >= 15 is 0 Å². The molecule has 0 saturated heterocycles. The lowest BCUT2D eigenvalue weighted by molar-refractivity contribution is -0.172. The molecule has 6 rings (SSSR count). The Hall–Kier alpha value is -3.14. The molecule has 190 valence electrons. The number of hydrogen-bond acceptors (Lipinski definition) is 8. The van der Waals surface area contributed by atoms with Crippen molar-refractivity contribution in [3.8, 4) is 22.9 Å². The van der Waals surface area contributed by atoms with Crippen molar-refractivity contribution in [3.05, 3.63) is 50.8 Å². The normalized spacial score (nSPS) is 19.1. The average molecular weight is 514 g/mol. The quantitative estimate of drug-likeness (QED) is 0.392. The molecule has 1 atom stereocenters. The monoisotopic (exact) mass is 513 g/mol. The molecule has 0 amide bonds. The van der Waals surface area contributed by atoms with Gasteiger partial charge in [0.25, 0.3) is 5.56 Å². The first-order valence-corrected chi connectivity index (χ1v) is 12.0. The van der Waals surface area contributed by atoms with Crippen molar-refractivity contribution in [2.75, 3.05) is 13.3 Å². The topological polar surface area (TPSA) is 112 Å². The minimum atomic E-state index is -1.86. The molecule has 36 heavy (non-hydrogen) atoms. The number of ether oxygens (including phenoxy) is 3. The van der Waals surface area contributed by atoms with Crippen LogP contribution in [0.4, 0.5) is 0 Å². The van der Waals surface area contributed by atoms with E-state index in [1.54, 1.807) is 17.6 Å². The van der Waals surface area contributed by atoms with Gasteiger partial charge in [0.1, 0.15) is 18.1 Å². The number of aliphatic hydroxyl groups is 1. The predicted molar refractivity (Wildman–Crippen MR) is 135 cm³/mol. The van der Waals surface area contributed by atoms with Crippen molar-refractivity contribution in [2.24, 2.45) is 0 Å². The lowest BCUT2D eigenvalue weighted by atomic mass is 9.86. The molecule has 1 aromatic carbocycles. The summed E-state index contributed by atoms with van der Waals surface area (Å²) in [6.45, 7) is 6.89. The third kappa shape index (κ3) is 3.41. The predicted octanol–water partition coefficient (Wildman–Crippen LogP) is 2.77. The molecule has 3 aliphatic heterocycles. The highest BCUT2D eigenvalue weighted by Gasteiger charge is 2.45. The minimum absolute atomic E-state index is 0. The summed E-state index contributed by atoms with van der Waals surface area (Å²) in [6, 6.07) is 6.06. The van der Waals surface area contributed by atoms with Crippen LogP contribution in [0.3, 0.4) is 0 Å². The number of nitrogens with one attached hydrogen (secondary N) is 1. The largest absolute Gasteiger partial charge is 0.458 e. The fourth-order valence-corrected chi connectivity index (χ4v) is 5.30. The van der Waals surface area contributed by atoms with Gasteiger partial charge in [-0.05, 0) is 37.1 Å². The Bertz CT molecular complexity index is 1470. The fraction of sp³-hybridized carbons (Fsp3) is 0.423. The van der Waals surface area contributed by atoms with E-state index in [0.29, 0.717) is 40.1 Å². The van der Waals surface area contributed by atoms with Crippen LogP contribution in [0.2, 0.25) is 0 Å². The molecule has 5 heterocycles. The highest BCUT2D eigenvalue weighted by molar-refractivity contribution is 5.98. The van der Waals surface area contributed by atoms with Crippen LogP contribution in [0.15, 0.2) is 23.0 Å². The van der Waals surface area contributed by atoms with E-state index < -0.39 is 11.6 Å². The van der Waals surface area contributed by atoms with Crippen LogP contribution in [0, 0.1) is 0 Å². The van der Waals surface area contributed by atoms with Crippen LogP contribution >= 0.6 is 12.4 Å². The number of rotatable bonds is 5. The van der Waals surface area contributed by atoms with Gasteiger partial charge in [-0.3, -0.25) is 4.79 Å². The Morgan fingerprint density at radius 3 is 2.75 bits per heavy atom. The Morgan fingerprint density at radius 1 is 1.19 bits per heavy atom. The fourth-order valence-electron chi connectivity index (χ4n) is 5.30. The SMILES string of the molecule is CC[C@@]1(O)C(=O)OCc2c1cc1n(c2=O)Cc2c-1nc1c(CCNC(C)C)ccc3c1c2OCO3.Cl. The van der Waals surface area contributed by atoms with E-state index in [0.717, 1.165) is 35.0 Å². The second kappa shape index (κ2) is 8.76. The van der Waals surface area contributed by atoms with Gasteiger partial charge in [-0.15, -0.1) is 12.4 Å². The van der Waals surface area contributed by atoms with Gasteiger partial charge < -0.3 is 29.2 Å². The summed E-state index contributed by atoms with van der Waals surface area (Å²) in [7, 11) is 0. The zero-order chi connectivity index (χ0) is 24.5. The number of hydrogen-bond donors (Lipinski definition) is 2. The molecule has 3 aliphatic rings. The zero-order valence-electron chi connectivity index (χ0n) is 20.3. The third-order valence-electron chi connectivity index (χ3n) is 7.20. The van der Waals surface area contributed by atoms with E-state index in [1.807, 2.05) is 12.1 Å². The molecule has 2 N–H and O–H groups in total. The van der Waals surface area contributed by atoms with E-state index in [4.69, 9.17) is 19.2 Å². The van der Waals surface area contributed by atoms with Crippen LogP contribution in [0.1, 0.15) is 49.4 Å². The van der Waals surface area contributed by atoms with Gasteiger partial charge >= 0.3 is 5.97 Å². The van der Waals surface area contributed by atoms with Crippen LogP contribution in [0.25, 0.3) is 22.3 Å². The van der Waals surface area contributed by atoms with E-state index in [9.17, 15) is 14.7 Å². The molecule has 0 spiro atoms. The van der Waals surface area contributed by atoms with Crippen LogP contribution in [0.5, 0.6) is 11.5 Å². The molecule has 0 aliphatic carbocycles. The zero-order valence-corrected chi connectivity index (χ0v) is 21.2. The first-order valence-electron chi connectivity index (χ1n) is 12.0. The van der Waals surface area contributed by atoms with Crippen LogP contribution < -0.4 is 20.3 Å². The van der Waals surface area contributed by atoms with Crippen molar-refractivity contribution >= 4 is 29.3 Å². The van der Waals surface area contributed by atoms with Crippen LogP contribution in [-0.4, -0.2) is 40.0 Å². The summed E-state index contributed by atoms with van der Waals surface area (Å²) in [5, 5.41) is 15.4. The molecule has 0 bridgehead atoms. The summed E-state index contributed by atoms with van der Waals surface area (Å²) < 4.78 is 18.5. The standard InChI is InChI=1S/C26H27N3O6.ClH/c1-4-26(32)17-9-18-22-15(10-29(18)24(30)16(17)11-33-25(26)31)23-20-19(34-12-35-23)6-5-14(21(20)28-22)7-8-27-13(2)3;/h5-6,9,13,27,32H,4,7-8,10-12H2,1-3H3;1H/t26-;/m0./s1. The highest BCUT2D eigenvalue weighted by Crippen LogP contribution is 2.47. The van der Waals surface area contributed by atoms with Gasteiger partial charge in [0.2, 0.25) is 6.79 Å². The summed E-state index contributed by atoms with van der Waals surface area (Å²) in [4.78, 5) is 31.0. The van der Waals surface area contributed by atoms with E-state index in [1.165, 1.54) is 0 Å². The Kier molecular flexibility index (Phi) is 5.97. The lowest BCUT2D eigenvalue weighted by Crippen LogP contribution is -2.44. The molecule has 2 aromatic heterocycles. The average Bonchev–Trinajstić information content (AvgIpc) is 3.22. The summed E-state index contributed by atoms with van der Waals surface area (Å²) >= 11 is 0. The van der Waals surface area contributed by atoms with Gasteiger partial charge in [0, 0.05) is 17.2 Å². The molecule has 9 nitrogen and oxygen atoms in total. The molecule has 0 radical (unpaired) electrons. The van der Waals surface area contributed by atoms with Crippen molar-refractivity contribution in [1.82, 2.24) is 14.9 Å². The maximum atomic E-state index is 13.5. The smallest absolute Gasteiger partial charge is 0.343 e. The van der Waals surface area contributed by atoms with Crippen molar-refractivity contribution < 1.29 is 24.1 Å². The number of aromatic nitrogens is 2. The number of nitrogens with zero attached hydrogens (tertiary/aromatic N) is 2. The Labute approximate surface area is 213 Å². The van der Waals surface area contributed by atoms with Gasteiger partial charge in [-0.2, -0.15) is 0 Å². The number of carbonyl (C=O) groups excluding carboxylic acids is 1. The van der Waals surface area contributed by atoms with Gasteiger partial charge in [0.15, 0.2) is 5.60 Å². The van der Waals surface area contributed by atoms with E-state index in [2.05, 4.69) is 19.2 Å². The highest BCUT2D eigenvalue weighted by atomic mass is 35.5. The Morgan fingerprint density at radius 2 is 2.00 bits per heavy atom. The number of esters is 1. The lowest BCUT2D eigenvalue weighted by Gasteiger charge is -2.31. The number of benzene rings is 1. The first-order chi connectivity index (χ1) is 16.8. The molecule has 3 aromatic rings. The molecule has 0 fully saturated rings. The van der Waals surface area contributed by atoms with Gasteiger partial charge in [-0.1, -0.05) is 26.8 Å². The van der Waals surface area contributed by atoms with Crippen LogP contribution in [-0.2, 0) is 34.7 Å². The summed E-state index contributed by atoms with van der Waals surface area (Å²) in [5.74, 6) is 0.643. The first kappa shape index (κ1) is 24.5. The van der Waals surface area contributed by atoms with Crippen molar-refractivity contribution in [2.45, 2.75) is 58.4 Å². The molecule has 0 unspecified atom stereocenters. The minimum Gasteiger partial charge on any atom is -0.458 e. The molecular weight excluding hydrogens is 486 g/mol. The maximum absolute atomic E-state index is 13.5.